The highest BCUT2D eigenvalue weighted by Gasteiger charge is 2.15. The van der Waals surface area contributed by atoms with Crippen molar-refractivity contribution in [2.75, 3.05) is 6.61 Å². The average molecular weight is 403 g/mol. The molecule has 3 rings (SSSR count). The molecule has 0 aliphatic carbocycles. The van der Waals surface area contributed by atoms with Crippen LogP contribution in [0.2, 0.25) is 0 Å². The zero-order valence-corrected chi connectivity index (χ0v) is 15.0. The van der Waals surface area contributed by atoms with Crippen LogP contribution in [0.5, 0.6) is 5.75 Å². The molecule has 0 N–H and O–H groups in total. The van der Waals surface area contributed by atoms with Gasteiger partial charge in [0.25, 0.3) is 5.89 Å². The Kier molecular flexibility index (Phi) is 5.45. The van der Waals surface area contributed by atoms with E-state index in [4.69, 9.17) is 13.9 Å². The monoisotopic (exact) mass is 402 g/mol. The van der Waals surface area contributed by atoms with Crippen molar-refractivity contribution >= 4 is 21.9 Å². The van der Waals surface area contributed by atoms with Crippen LogP contribution in [0.1, 0.15) is 23.2 Å². The summed E-state index contributed by atoms with van der Waals surface area (Å²) in [5.41, 5.74) is 1.16. The largest absolute Gasteiger partial charge is 0.483 e. The van der Waals surface area contributed by atoms with E-state index in [2.05, 4.69) is 26.1 Å². The lowest BCUT2D eigenvalue weighted by Crippen LogP contribution is -2.07. The third kappa shape index (κ3) is 4.06. The Morgan fingerprint density at radius 1 is 1.12 bits per heavy atom. The van der Waals surface area contributed by atoms with Gasteiger partial charge in [0.1, 0.15) is 11.3 Å². The van der Waals surface area contributed by atoms with Crippen LogP contribution in [0.3, 0.4) is 0 Å². The van der Waals surface area contributed by atoms with Gasteiger partial charge in [-0.05, 0) is 47.1 Å². The minimum absolute atomic E-state index is 0.0495. The first-order valence-corrected chi connectivity index (χ1v) is 8.44. The lowest BCUT2D eigenvalue weighted by atomic mass is 10.2. The topological polar surface area (TPSA) is 74.5 Å². The first kappa shape index (κ1) is 17.2. The van der Waals surface area contributed by atoms with Gasteiger partial charge in [0, 0.05) is 4.47 Å². The predicted molar refractivity (Wildman–Crippen MR) is 94.2 cm³/mol. The van der Waals surface area contributed by atoms with Crippen LogP contribution >= 0.6 is 15.9 Å². The maximum Gasteiger partial charge on any atom is 0.341 e. The molecule has 25 heavy (non-hydrogen) atoms. The standard InChI is InChI=1S/C18H15BrN2O4/c1-2-23-18(22)13-8-4-6-10-15(13)24-11-16-20-21-17(25-16)12-7-3-5-9-14(12)19/h3-10H,2,11H2,1H3. The Bertz CT molecular complexity index is 879. The zero-order valence-electron chi connectivity index (χ0n) is 13.4. The van der Waals surface area contributed by atoms with Crippen LogP contribution in [-0.2, 0) is 11.3 Å². The van der Waals surface area contributed by atoms with Gasteiger partial charge in [0.15, 0.2) is 6.61 Å². The maximum absolute atomic E-state index is 11.9. The zero-order chi connectivity index (χ0) is 17.6. The third-order valence-corrected chi connectivity index (χ3v) is 4.00. The summed E-state index contributed by atoms with van der Waals surface area (Å²) in [6.07, 6.45) is 0. The molecule has 7 heteroatoms. The van der Waals surface area contributed by atoms with Crippen molar-refractivity contribution in [2.24, 2.45) is 0 Å². The number of halogens is 1. The molecular weight excluding hydrogens is 388 g/mol. The molecule has 128 valence electrons. The quantitative estimate of drug-likeness (QED) is 0.573. The van der Waals surface area contributed by atoms with Crippen LogP contribution in [-0.4, -0.2) is 22.8 Å². The number of hydrogen-bond donors (Lipinski definition) is 0. The van der Waals surface area contributed by atoms with E-state index in [1.165, 1.54) is 0 Å². The highest BCUT2D eigenvalue weighted by atomic mass is 79.9. The van der Waals surface area contributed by atoms with Gasteiger partial charge in [-0.25, -0.2) is 4.79 Å². The molecule has 6 nitrogen and oxygen atoms in total. The van der Waals surface area contributed by atoms with Gasteiger partial charge in [-0.2, -0.15) is 0 Å². The predicted octanol–water partition coefficient (Wildman–Crippen LogP) is 4.25. The fourth-order valence-electron chi connectivity index (χ4n) is 2.16. The summed E-state index contributed by atoms with van der Waals surface area (Å²) in [5, 5.41) is 8.01. The molecule has 0 aliphatic rings. The summed E-state index contributed by atoms with van der Waals surface area (Å²) in [5.74, 6) is 0.674. The second kappa shape index (κ2) is 7.94. The molecule has 3 aromatic rings. The van der Waals surface area contributed by atoms with E-state index in [-0.39, 0.29) is 6.61 Å². The van der Waals surface area contributed by atoms with Crippen LogP contribution in [0.15, 0.2) is 57.4 Å². The molecule has 0 saturated carbocycles. The fraction of sp³-hybridized carbons (Fsp3) is 0.167. The van der Waals surface area contributed by atoms with Crippen LogP contribution in [0.25, 0.3) is 11.5 Å². The van der Waals surface area contributed by atoms with Crippen molar-refractivity contribution in [3.63, 3.8) is 0 Å². The van der Waals surface area contributed by atoms with Crippen molar-refractivity contribution in [2.45, 2.75) is 13.5 Å². The molecule has 1 aromatic heterocycles. The number of nitrogens with zero attached hydrogens (tertiary/aromatic N) is 2. The first-order chi connectivity index (χ1) is 12.2. The number of carbonyl (C=O) groups is 1. The molecule has 0 radical (unpaired) electrons. The molecule has 0 spiro atoms. The van der Waals surface area contributed by atoms with Gasteiger partial charge in [-0.3, -0.25) is 0 Å². The number of benzene rings is 2. The summed E-state index contributed by atoms with van der Waals surface area (Å²) in [7, 11) is 0. The SMILES string of the molecule is CCOC(=O)c1ccccc1OCc1nnc(-c2ccccc2Br)o1. The second-order valence-corrected chi connectivity index (χ2v) is 5.84. The van der Waals surface area contributed by atoms with Crippen molar-refractivity contribution in [1.29, 1.82) is 0 Å². The summed E-state index contributed by atoms with van der Waals surface area (Å²) in [6.45, 7) is 2.10. The van der Waals surface area contributed by atoms with E-state index >= 15 is 0 Å². The van der Waals surface area contributed by atoms with Gasteiger partial charge in [-0.1, -0.05) is 24.3 Å². The summed E-state index contributed by atoms with van der Waals surface area (Å²) >= 11 is 3.45. The number of hydrogen-bond acceptors (Lipinski definition) is 6. The van der Waals surface area contributed by atoms with E-state index < -0.39 is 5.97 Å². The van der Waals surface area contributed by atoms with Gasteiger partial charge >= 0.3 is 5.97 Å². The Hall–Kier alpha value is -2.67. The van der Waals surface area contributed by atoms with Crippen molar-refractivity contribution in [3.8, 4) is 17.2 Å². The van der Waals surface area contributed by atoms with E-state index in [1.807, 2.05) is 24.3 Å². The minimum atomic E-state index is -0.433. The van der Waals surface area contributed by atoms with E-state index in [9.17, 15) is 4.79 Å². The Balaban J connectivity index is 1.73. The summed E-state index contributed by atoms with van der Waals surface area (Å²) in [6, 6.07) is 14.4. The number of aromatic nitrogens is 2. The molecular formula is C18H15BrN2O4. The molecule has 2 aromatic carbocycles. The Morgan fingerprint density at radius 2 is 1.88 bits per heavy atom. The second-order valence-electron chi connectivity index (χ2n) is 4.99. The Morgan fingerprint density at radius 3 is 2.68 bits per heavy atom. The van der Waals surface area contributed by atoms with Crippen LogP contribution < -0.4 is 4.74 Å². The fourth-order valence-corrected chi connectivity index (χ4v) is 2.62. The number of esters is 1. The van der Waals surface area contributed by atoms with E-state index in [1.54, 1.807) is 31.2 Å². The van der Waals surface area contributed by atoms with Crippen molar-refractivity contribution in [3.05, 3.63) is 64.5 Å². The first-order valence-electron chi connectivity index (χ1n) is 7.65. The smallest absolute Gasteiger partial charge is 0.341 e. The molecule has 0 amide bonds. The highest BCUT2D eigenvalue weighted by molar-refractivity contribution is 9.10. The lowest BCUT2D eigenvalue weighted by Gasteiger charge is -2.08. The number of ether oxygens (including phenoxy) is 2. The average Bonchev–Trinajstić information content (AvgIpc) is 3.09. The van der Waals surface area contributed by atoms with Gasteiger partial charge < -0.3 is 13.9 Å². The van der Waals surface area contributed by atoms with Crippen molar-refractivity contribution in [1.82, 2.24) is 10.2 Å². The van der Waals surface area contributed by atoms with Gasteiger partial charge in [0.2, 0.25) is 5.89 Å². The number of para-hydroxylation sites is 1. The highest BCUT2D eigenvalue weighted by Crippen LogP contribution is 2.27. The molecule has 0 fully saturated rings. The van der Waals surface area contributed by atoms with E-state index in [0.717, 1.165) is 10.0 Å². The summed E-state index contributed by atoms with van der Waals surface area (Å²) in [4.78, 5) is 11.9. The van der Waals surface area contributed by atoms with E-state index in [0.29, 0.717) is 29.7 Å². The molecule has 0 bridgehead atoms. The molecule has 0 aliphatic heterocycles. The molecule has 0 atom stereocenters. The lowest BCUT2D eigenvalue weighted by molar-refractivity contribution is 0.0520. The molecule has 1 heterocycles. The number of carbonyl (C=O) groups excluding carboxylic acids is 1. The van der Waals surface area contributed by atoms with Gasteiger partial charge in [0.05, 0.1) is 12.2 Å². The van der Waals surface area contributed by atoms with Crippen LogP contribution in [0, 0.1) is 0 Å². The molecule has 0 saturated heterocycles. The molecule has 0 unspecified atom stereocenters. The van der Waals surface area contributed by atoms with Crippen LogP contribution in [0.4, 0.5) is 0 Å². The van der Waals surface area contributed by atoms with Crippen molar-refractivity contribution < 1.29 is 18.7 Å². The normalized spacial score (nSPS) is 10.5. The third-order valence-electron chi connectivity index (χ3n) is 3.30. The minimum Gasteiger partial charge on any atom is -0.483 e. The van der Waals surface area contributed by atoms with Gasteiger partial charge in [-0.15, -0.1) is 10.2 Å². The number of rotatable bonds is 6. The Labute approximate surface area is 152 Å². The maximum atomic E-state index is 11.9. The summed E-state index contributed by atoms with van der Waals surface area (Å²) < 4.78 is 17.2.